The Morgan fingerprint density at radius 3 is 2.68 bits per heavy atom. The molecule has 0 spiro atoms. The lowest BCUT2D eigenvalue weighted by molar-refractivity contribution is -0.136. The molecule has 0 aliphatic rings. The highest BCUT2D eigenvalue weighted by atomic mass is 32.2. The van der Waals surface area contributed by atoms with Crippen LogP contribution in [-0.2, 0) is 17.8 Å². The van der Waals surface area contributed by atoms with E-state index in [4.69, 9.17) is 4.74 Å². The number of fused-ring (bicyclic) bond motifs is 1. The number of aliphatic carboxylic acids is 1. The third kappa shape index (κ3) is 4.89. The Kier molecular flexibility index (Phi) is 6.65. The maximum Gasteiger partial charge on any atom is 0.316 e. The molecule has 0 saturated carbocycles. The predicted octanol–water partition coefficient (Wildman–Crippen LogP) is 2.62. The highest BCUT2D eigenvalue weighted by molar-refractivity contribution is 8.00. The van der Waals surface area contributed by atoms with Crippen molar-refractivity contribution in [1.82, 2.24) is 15.0 Å². The second kappa shape index (κ2) is 9.36. The summed E-state index contributed by atoms with van der Waals surface area (Å²) in [5, 5.41) is 17.3. The third-order valence-corrected chi connectivity index (χ3v) is 5.29. The number of carboxylic acids is 1. The molecule has 1 unspecified atom stereocenters. The maximum atomic E-state index is 12.4. The summed E-state index contributed by atoms with van der Waals surface area (Å²) in [6.07, 6.45) is 0.468. The summed E-state index contributed by atoms with van der Waals surface area (Å²) >= 11 is 1.42. The van der Waals surface area contributed by atoms with Gasteiger partial charge in [0.05, 0.1) is 11.9 Å². The Bertz CT molecular complexity index is 1000. The van der Waals surface area contributed by atoms with E-state index in [9.17, 15) is 14.7 Å². The summed E-state index contributed by atoms with van der Waals surface area (Å²) in [5.41, 5.74) is 1.32. The zero-order chi connectivity index (χ0) is 19.9. The Hall–Kier alpha value is -2.87. The molecule has 0 bridgehead atoms. The molecule has 0 aliphatic heterocycles. The number of rotatable bonds is 9. The SMILES string of the molecule is CCSC(Cc1ccc(OCCn2nnc3ccccc3c2=O)cc1)C(=O)O. The van der Waals surface area contributed by atoms with Gasteiger partial charge in [0.25, 0.3) is 5.56 Å². The zero-order valence-electron chi connectivity index (χ0n) is 15.4. The number of benzene rings is 2. The van der Waals surface area contributed by atoms with Crippen molar-refractivity contribution in [1.29, 1.82) is 0 Å². The minimum absolute atomic E-state index is 0.197. The highest BCUT2D eigenvalue weighted by Crippen LogP contribution is 2.19. The lowest BCUT2D eigenvalue weighted by Crippen LogP contribution is -2.26. The fourth-order valence-corrected chi connectivity index (χ4v) is 3.63. The predicted molar refractivity (Wildman–Crippen MR) is 109 cm³/mol. The molecule has 8 heteroatoms. The fourth-order valence-electron chi connectivity index (χ4n) is 2.77. The summed E-state index contributed by atoms with van der Waals surface area (Å²) in [7, 11) is 0. The normalized spacial score (nSPS) is 12.0. The van der Waals surface area contributed by atoms with Crippen LogP contribution in [0.1, 0.15) is 12.5 Å². The Labute approximate surface area is 166 Å². The van der Waals surface area contributed by atoms with Gasteiger partial charge in [-0.05, 0) is 42.0 Å². The third-order valence-electron chi connectivity index (χ3n) is 4.19. The first-order valence-corrected chi connectivity index (χ1v) is 10.0. The van der Waals surface area contributed by atoms with Crippen LogP contribution in [0.5, 0.6) is 5.75 Å². The van der Waals surface area contributed by atoms with Crippen molar-refractivity contribution in [3.05, 3.63) is 64.4 Å². The van der Waals surface area contributed by atoms with Crippen molar-refractivity contribution in [3.8, 4) is 5.75 Å². The van der Waals surface area contributed by atoms with Crippen molar-refractivity contribution < 1.29 is 14.6 Å². The number of carboxylic acid groups (broad SMARTS) is 1. The van der Waals surface area contributed by atoms with Gasteiger partial charge in [0.2, 0.25) is 0 Å². The van der Waals surface area contributed by atoms with Gasteiger partial charge in [0.15, 0.2) is 0 Å². The number of carbonyl (C=O) groups is 1. The Morgan fingerprint density at radius 2 is 1.96 bits per heavy atom. The van der Waals surface area contributed by atoms with Crippen LogP contribution in [0, 0.1) is 0 Å². The fraction of sp³-hybridized carbons (Fsp3) is 0.300. The minimum atomic E-state index is -0.797. The molecule has 7 nitrogen and oxygen atoms in total. The molecule has 1 atom stereocenters. The van der Waals surface area contributed by atoms with E-state index in [0.717, 1.165) is 11.3 Å². The standard InChI is InChI=1S/C20H21N3O4S/c1-2-28-18(20(25)26)13-14-7-9-15(10-8-14)27-12-11-23-19(24)16-5-3-4-6-17(16)21-22-23/h3-10,18H,2,11-13H2,1H3,(H,25,26). The van der Waals surface area contributed by atoms with E-state index in [1.165, 1.54) is 16.4 Å². The minimum Gasteiger partial charge on any atom is -0.492 e. The number of hydrogen-bond donors (Lipinski definition) is 1. The zero-order valence-corrected chi connectivity index (χ0v) is 16.3. The van der Waals surface area contributed by atoms with Gasteiger partial charge in [0.1, 0.15) is 23.1 Å². The Balaban J connectivity index is 1.57. The van der Waals surface area contributed by atoms with Crippen LogP contribution in [0.2, 0.25) is 0 Å². The van der Waals surface area contributed by atoms with Gasteiger partial charge >= 0.3 is 5.97 Å². The molecule has 0 saturated heterocycles. The summed E-state index contributed by atoms with van der Waals surface area (Å²) in [4.78, 5) is 23.6. The average Bonchev–Trinajstić information content (AvgIpc) is 2.70. The van der Waals surface area contributed by atoms with Crippen molar-refractivity contribution in [3.63, 3.8) is 0 Å². The number of hydrogen-bond acceptors (Lipinski definition) is 6. The van der Waals surface area contributed by atoms with Crippen LogP contribution in [-0.4, -0.2) is 43.7 Å². The molecule has 146 valence electrons. The number of aromatic nitrogens is 3. The van der Waals surface area contributed by atoms with Crippen molar-refractivity contribution >= 4 is 28.6 Å². The van der Waals surface area contributed by atoms with Crippen LogP contribution < -0.4 is 10.3 Å². The van der Waals surface area contributed by atoms with Crippen molar-refractivity contribution in [2.75, 3.05) is 12.4 Å². The molecule has 0 amide bonds. The van der Waals surface area contributed by atoms with Crippen LogP contribution in [0.4, 0.5) is 0 Å². The number of nitrogens with zero attached hydrogens (tertiary/aromatic N) is 3. The molecule has 1 aromatic heterocycles. The summed E-state index contributed by atoms with van der Waals surface area (Å²) in [6, 6.07) is 14.4. The molecule has 0 aliphatic carbocycles. The van der Waals surface area contributed by atoms with Crippen molar-refractivity contribution in [2.45, 2.75) is 25.1 Å². The quantitative estimate of drug-likeness (QED) is 0.591. The summed E-state index contributed by atoms with van der Waals surface area (Å²) in [5.74, 6) is 0.615. The van der Waals surface area contributed by atoms with Gasteiger partial charge in [-0.3, -0.25) is 9.59 Å². The Morgan fingerprint density at radius 1 is 1.21 bits per heavy atom. The molecule has 0 fully saturated rings. The molecule has 3 rings (SSSR count). The molecular formula is C20H21N3O4S. The van der Waals surface area contributed by atoms with E-state index in [2.05, 4.69) is 10.3 Å². The van der Waals surface area contributed by atoms with Crippen LogP contribution in [0.15, 0.2) is 53.3 Å². The first-order chi connectivity index (χ1) is 13.6. The van der Waals surface area contributed by atoms with Gasteiger partial charge in [-0.25, -0.2) is 4.68 Å². The van der Waals surface area contributed by atoms with E-state index < -0.39 is 11.2 Å². The molecule has 28 heavy (non-hydrogen) atoms. The molecule has 2 aromatic carbocycles. The van der Waals surface area contributed by atoms with Gasteiger partial charge < -0.3 is 9.84 Å². The molecular weight excluding hydrogens is 378 g/mol. The van der Waals surface area contributed by atoms with E-state index in [1.807, 2.05) is 25.1 Å². The molecule has 0 radical (unpaired) electrons. The van der Waals surface area contributed by atoms with Gasteiger partial charge in [-0.2, -0.15) is 0 Å². The van der Waals surface area contributed by atoms with Crippen LogP contribution in [0.25, 0.3) is 10.9 Å². The van der Waals surface area contributed by atoms with E-state index >= 15 is 0 Å². The first-order valence-electron chi connectivity index (χ1n) is 8.97. The summed E-state index contributed by atoms with van der Waals surface area (Å²) in [6.45, 7) is 2.51. The molecule has 1 N–H and O–H groups in total. The van der Waals surface area contributed by atoms with Crippen LogP contribution >= 0.6 is 11.8 Å². The van der Waals surface area contributed by atoms with E-state index in [0.29, 0.717) is 23.1 Å². The summed E-state index contributed by atoms with van der Waals surface area (Å²) < 4.78 is 6.97. The lowest BCUT2D eigenvalue weighted by atomic mass is 10.1. The largest absolute Gasteiger partial charge is 0.492 e. The average molecular weight is 399 g/mol. The van der Waals surface area contributed by atoms with E-state index in [-0.39, 0.29) is 18.7 Å². The first kappa shape index (κ1) is 19.9. The topological polar surface area (TPSA) is 94.3 Å². The van der Waals surface area contributed by atoms with Gasteiger partial charge in [-0.1, -0.05) is 36.4 Å². The van der Waals surface area contributed by atoms with Crippen LogP contribution in [0.3, 0.4) is 0 Å². The smallest absolute Gasteiger partial charge is 0.316 e. The lowest BCUT2D eigenvalue weighted by Gasteiger charge is -2.12. The second-order valence-corrected chi connectivity index (χ2v) is 7.59. The monoisotopic (exact) mass is 399 g/mol. The van der Waals surface area contributed by atoms with E-state index in [1.54, 1.807) is 30.3 Å². The van der Waals surface area contributed by atoms with Gasteiger partial charge in [0, 0.05) is 0 Å². The number of ether oxygens (including phenoxy) is 1. The molecule has 3 aromatic rings. The highest BCUT2D eigenvalue weighted by Gasteiger charge is 2.17. The van der Waals surface area contributed by atoms with Gasteiger partial charge in [-0.15, -0.1) is 16.9 Å². The van der Waals surface area contributed by atoms with Crippen molar-refractivity contribution in [2.24, 2.45) is 0 Å². The maximum absolute atomic E-state index is 12.4. The molecule has 1 heterocycles. The second-order valence-electron chi connectivity index (χ2n) is 6.11. The number of thioether (sulfide) groups is 1.